The summed E-state index contributed by atoms with van der Waals surface area (Å²) in [5.74, 6) is -1.21. The van der Waals surface area contributed by atoms with Gasteiger partial charge in [0.25, 0.3) is 0 Å². The number of carbonyl (C=O) groups is 2. The Bertz CT molecular complexity index is 1250. The largest absolute Gasteiger partial charge is 0.370 e. The summed E-state index contributed by atoms with van der Waals surface area (Å²) in [4.78, 5) is 24.3. The van der Waals surface area contributed by atoms with Crippen molar-refractivity contribution in [1.29, 1.82) is 0 Å². The molecule has 0 heterocycles. The van der Waals surface area contributed by atoms with Gasteiger partial charge in [0.05, 0.1) is 10.9 Å². The number of nitrogens with one attached hydrogen (secondary N) is 2. The quantitative estimate of drug-likeness (QED) is 0.441. The van der Waals surface area contributed by atoms with Crippen molar-refractivity contribution < 1.29 is 18.0 Å². The van der Waals surface area contributed by atoms with Crippen molar-refractivity contribution in [3.05, 3.63) is 77.3 Å². The molecule has 0 aliphatic heterocycles. The van der Waals surface area contributed by atoms with E-state index in [0.29, 0.717) is 10.6 Å². The Labute approximate surface area is 192 Å². The van der Waals surface area contributed by atoms with Crippen molar-refractivity contribution in [2.45, 2.75) is 36.7 Å². The highest BCUT2D eigenvalue weighted by atomic mass is 35.5. The number of amides is 2. The van der Waals surface area contributed by atoms with Gasteiger partial charge in [-0.05, 0) is 47.9 Å². The van der Waals surface area contributed by atoms with E-state index in [1.165, 1.54) is 12.1 Å². The Morgan fingerprint density at radius 2 is 1.66 bits per heavy atom. The summed E-state index contributed by atoms with van der Waals surface area (Å²) in [5.41, 5.74) is 5.91. The van der Waals surface area contributed by atoms with Gasteiger partial charge in [0.1, 0.15) is 6.04 Å². The zero-order valence-electron chi connectivity index (χ0n) is 17.4. The minimum atomic E-state index is -4.04. The molecule has 32 heavy (non-hydrogen) atoms. The zero-order valence-corrected chi connectivity index (χ0v) is 19.0. The average Bonchev–Trinajstić information content (AvgIpc) is 2.76. The lowest BCUT2D eigenvalue weighted by Crippen LogP contribution is -2.47. The van der Waals surface area contributed by atoms with Gasteiger partial charge in [0.15, 0.2) is 0 Å². The summed E-state index contributed by atoms with van der Waals surface area (Å²) in [6.45, 7) is 1.74. The Morgan fingerprint density at radius 1 is 1.00 bits per heavy atom. The monoisotopic (exact) mass is 473 g/mol. The van der Waals surface area contributed by atoms with E-state index in [2.05, 4.69) is 10.0 Å². The molecule has 0 saturated carbocycles. The van der Waals surface area contributed by atoms with Gasteiger partial charge in [-0.3, -0.25) is 9.59 Å². The highest BCUT2D eigenvalue weighted by Gasteiger charge is 2.27. The molecule has 9 heteroatoms. The normalized spacial score (nSPS) is 13.4. The third-order valence-corrected chi connectivity index (χ3v) is 6.87. The van der Waals surface area contributed by atoms with Crippen LogP contribution in [0.2, 0.25) is 5.02 Å². The molecule has 3 rings (SSSR count). The molecule has 0 radical (unpaired) electrons. The number of halogens is 1. The summed E-state index contributed by atoms with van der Waals surface area (Å²) in [5, 5.41) is 4.88. The van der Waals surface area contributed by atoms with E-state index in [-0.39, 0.29) is 17.7 Å². The van der Waals surface area contributed by atoms with Crippen LogP contribution in [0, 0.1) is 0 Å². The fraction of sp³-hybridized carbons (Fsp3) is 0.217. The van der Waals surface area contributed by atoms with Crippen LogP contribution in [0.25, 0.3) is 10.8 Å². The lowest BCUT2D eigenvalue weighted by molar-refractivity contribution is -0.123. The third-order valence-electron chi connectivity index (χ3n) is 5.06. The first-order chi connectivity index (χ1) is 15.2. The maximum absolute atomic E-state index is 13.0. The van der Waals surface area contributed by atoms with E-state index in [1.54, 1.807) is 43.3 Å². The van der Waals surface area contributed by atoms with Crippen LogP contribution in [0.5, 0.6) is 0 Å². The highest BCUT2D eigenvalue weighted by Crippen LogP contribution is 2.23. The van der Waals surface area contributed by atoms with Crippen LogP contribution >= 0.6 is 11.6 Å². The minimum absolute atomic E-state index is 0.0206. The predicted octanol–water partition coefficient (Wildman–Crippen LogP) is 3.28. The number of carbonyl (C=O) groups excluding carboxylic acids is 2. The Balaban J connectivity index is 1.82. The molecule has 0 bridgehead atoms. The molecule has 0 fully saturated rings. The van der Waals surface area contributed by atoms with Gasteiger partial charge in [-0.15, -0.1) is 0 Å². The number of sulfonamides is 1. The number of hydrogen-bond donors (Lipinski definition) is 3. The minimum Gasteiger partial charge on any atom is -0.370 e. The van der Waals surface area contributed by atoms with Gasteiger partial charge < -0.3 is 11.1 Å². The van der Waals surface area contributed by atoms with Gasteiger partial charge in [0.2, 0.25) is 21.8 Å². The Morgan fingerprint density at radius 3 is 2.34 bits per heavy atom. The molecular weight excluding hydrogens is 450 g/mol. The van der Waals surface area contributed by atoms with Crippen molar-refractivity contribution in [2.75, 3.05) is 0 Å². The standard InChI is InChI=1S/C23H24ClN3O4S/c1-15(19-8-4-5-9-20(19)24)26-23(29)21(12-13-22(25)28)27-32(30,31)18-11-10-16-6-2-3-7-17(16)14-18/h2-11,14-15,21,27H,12-13H2,1H3,(H2,25,28)(H,26,29). The predicted molar refractivity (Wildman–Crippen MR) is 124 cm³/mol. The average molecular weight is 474 g/mol. The molecule has 2 atom stereocenters. The number of rotatable bonds is 9. The second kappa shape index (κ2) is 10.1. The molecule has 3 aromatic rings. The van der Waals surface area contributed by atoms with Crippen LogP contribution in [0.3, 0.4) is 0 Å². The van der Waals surface area contributed by atoms with Gasteiger partial charge in [-0.1, -0.05) is 60.1 Å². The molecule has 0 spiro atoms. The van der Waals surface area contributed by atoms with Crippen LogP contribution in [0.4, 0.5) is 0 Å². The molecule has 0 saturated heterocycles. The molecule has 0 aromatic heterocycles. The second-order valence-corrected chi connectivity index (χ2v) is 9.56. The topological polar surface area (TPSA) is 118 Å². The number of primary amides is 1. The van der Waals surface area contributed by atoms with Gasteiger partial charge in [-0.2, -0.15) is 4.72 Å². The fourth-order valence-electron chi connectivity index (χ4n) is 3.34. The number of fused-ring (bicyclic) bond motifs is 1. The van der Waals surface area contributed by atoms with Crippen LogP contribution in [0.1, 0.15) is 31.4 Å². The van der Waals surface area contributed by atoms with Crippen LogP contribution in [-0.4, -0.2) is 26.3 Å². The molecule has 3 aromatic carbocycles. The smallest absolute Gasteiger partial charge is 0.241 e. The summed E-state index contributed by atoms with van der Waals surface area (Å²) in [6, 6.07) is 17.4. The zero-order chi connectivity index (χ0) is 23.3. The molecule has 0 aliphatic rings. The first kappa shape index (κ1) is 23.7. The summed E-state index contributed by atoms with van der Waals surface area (Å²) < 4.78 is 28.5. The lowest BCUT2D eigenvalue weighted by Gasteiger charge is -2.22. The number of hydrogen-bond acceptors (Lipinski definition) is 4. The SMILES string of the molecule is CC(NC(=O)C(CCC(N)=O)NS(=O)(=O)c1ccc2ccccc2c1)c1ccccc1Cl. The van der Waals surface area contributed by atoms with E-state index in [1.807, 2.05) is 18.2 Å². The van der Waals surface area contributed by atoms with Gasteiger partial charge in [0, 0.05) is 11.4 Å². The van der Waals surface area contributed by atoms with Crippen LogP contribution in [-0.2, 0) is 19.6 Å². The van der Waals surface area contributed by atoms with Crippen LogP contribution < -0.4 is 15.8 Å². The van der Waals surface area contributed by atoms with E-state index in [0.717, 1.165) is 10.8 Å². The first-order valence-corrected chi connectivity index (χ1v) is 11.9. The van der Waals surface area contributed by atoms with Gasteiger partial charge >= 0.3 is 0 Å². The van der Waals surface area contributed by atoms with Crippen molar-refractivity contribution in [3.8, 4) is 0 Å². The lowest BCUT2D eigenvalue weighted by atomic mass is 10.1. The number of nitrogens with two attached hydrogens (primary N) is 1. The molecular formula is C23H24ClN3O4S. The van der Waals surface area contributed by atoms with E-state index in [9.17, 15) is 18.0 Å². The molecule has 168 valence electrons. The molecule has 0 aliphatic carbocycles. The molecule has 2 amide bonds. The summed E-state index contributed by atoms with van der Waals surface area (Å²) in [7, 11) is -4.04. The van der Waals surface area contributed by atoms with Gasteiger partial charge in [-0.25, -0.2) is 8.42 Å². The second-order valence-electron chi connectivity index (χ2n) is 7.44. The van der Waals surface area contributed by atoms with Crippen molar-refractivity contribution in [2.24, 2.45) is 5.73 Å². The number of benzene rings is 3. The molecule has 2 unspecified atom stereocenters. The molecule has 4 N–H and O–H groups in total. The van der Waals surface area contributed by atoms with Crippen molar-refractivity contribution in [3.63, 3.8) is 0 Å². The van der Waals surface area contributed by atoms with E-state index >= 15 is 0 Å². The Hall–Kier alpha value is -2.94. The Kier molecular flexibility index (Phi) is 7.50. The third kappa shape index (κ3) is 5.85. The van der Waals surface area contributed by atoms with E-state index < -0.39 is 33.9 Å². The van der Waals surface area contributed by atoms with Crippen LogP contribution in [0.15, 0.2) is 71.6 Å². The highest BCUT2D eigenvalue weighted by molar-refractivity contribution is 7.89. The molecule has 7 nitrogen and oxygen atoms in total. The first-order valence-electron chi connectivity index (χ1n) is 10.0. The van der Waals surface area contributed by atoms with E-state index in [4.69, 9.17) is 17.3 Å². The fourth-order valence-corrected chi connectivity index (χ4v) is 4.90. The maximum atomic E-state index is 13.0. The summed E-state index contributed by atoms with van der Waals surface area (Å²) >= 11 is 6.20. The maximum Gasteiger partial charge on any atom is 0.241 e. The summed E-state index contributed by atoms with van der Waals surface area (Å²) in [6.07, 6.45) is -0.234. The van der Waals surface area contributed by atoms with Crippen molar-refractivity contribution in [1.82, 2.24) is 10.0 Å². The van der Waals surface area contributed by atoms with Crippen molar-refractivity contribution >= 4 is 44.2 Å².